The Balaban J connectivity index is 1.07. The molecule has 1 atom stereocenters. The maximum Gasteiger partial charge on any atom is 0.211 e. The fourth-order valence-electron chi connectivity index (χ4n) is 7.93. The Morgan fingerprint density at radius 1 is 0.560 bits per heavy atom. The van der Waals surface area contributed by atoms with Crippen LogP contribution in [0, 0.1) is 0 Å². The fraction of sp³-hybridized carbons (Fsp3) is 0.0222. The summed E-state index contributed by atoms with van der Waals surface area (Å²) in [7, 11) is 0. The average molecular weight is 657 g/mol. The molecule has 234 valence electrons. The van der Waals surface area contributed by atoms with E-state index in [9.17, 15) is 0 Å². The number of amidine groups is 1. The highest BCUT2D eigenvalue weighted by atomic mass is 32.1. The topological polar surface area (TPSA) is 41.7 Å². The Bertz CT molecular complexity index is 2890. The van der Waals surface area contributed by atoms with E-state index in [2.05, 4.69) is 143 Å². The molecule has 0 fully saturated rings. The highest BCUT2D eigenvalue weighted by Gasteiger charge is 2.27. The van der Waals surface area contributed by atoms with E-state index in [1.54, 1.807) is 0 Å². The van der Waals surface area contributed by atoms with Crippen LogP contribution in [0.15, 0.2) is 168 Å². The van der Waals surface area contributed by atoms with Gasteiger partial charge in [0.25, 0.3) is 0 Å². The first-order valence-corrected chi connectivity index (χ1v) is 17.8. The van der Waals surface area contributed by atoms with Gasteiger partial charge in [-0.1, -0.05) is 127 Å². The lowest BCUT2D eigenvalue weighted by atomic mass is 9.98. The van der Waals surface area contributed by atoms with E-state index in [0.29, 0.717) is 5.84 Å². The minimum absolute atomic E-state index is 0.273. The number of rotatable bonds is 3. The summed E-state index contributed by atoms with van der Waals surface area (Å²) in [6, 6.07) is 56.5. The van der Waals surface area contributed by atoms with Crippen LogP contribution in [-0.2, 0) is 0 Å². The van der Waals surface area contributed by atoms with Gasteiger partial charge in [-0.2, -0.15) is 4.99 Å². The van der Waals surface area contributed by atoms with Crippen LogP contribution in [0.25, 0.3) is 75.4 Å². The van der Waals surface area contributed by atoms with Crippen LogP contribution in [0.1, 0.15) is 17.3 Å². The van der Waals surface area contributed by atoms with Crippen LogP contribution in [0.2, 0.25) is 0 Å². The van der Waals surface area contributed by atoms with Gasteiger partial charge >= 0.3 is 0 Å². The van der Waals surface area contributed by atoms with Gasteiger partial charge in [0.05, 0.1) is 11.0 Å². The van der Waals surface area contributed by atoms with Gasteiger partial charge in [-0.15, -0.1) is 11.3 Å². The average Bonchev–Trinajstić information content (AvgIpc) is 3.83. The number of para-hydroxylation sites is 1. The summed E-state index contributed by atoms with van der Waals surface area (Å²) in [6.07, 6.45) is -0.273. The normalized spacial score (nSPS) is 15.0. The van der Waals surface area contributed by atoms with Crippen LogP contribution in [-0.4, -0.2) is 16.4 Å². The fourth-order valence-corrected chi connectivity index (χ4v) is 9.15. The predicted octanol–water partition coefficient (Wildman–Crippen LogP) is 11.4. The van der Waals surface area contributed by atoms with Crippen LogP contribution < -0.4 is 5.32 Å². The number of aliphatic imine (C=N–C) groups is 2. The first kappa shape index (κ1) is 27.6. The van der Waals surface area contributed by atoms with E-state index in [1.165, 1.54) is 64.3 Å². The van der Waals surface area contributed by atoms with E-state index < -0.39 is 0 Å². The number of hydrogen-bond acceptors (Lipinski definition) is 4. The second-order valence-corrected chi connectivity index (χ2v) is 14.1. The zero-order chi connectivity index (χ0) is 32.8. The zero-order valence-corrected chi connectivity index (χ0v) is 27.7. The van der Waals surface area contributed by atoms with Gasteiger partial charge in [-0.3, -0.25) is 4.57 Å². The molecule has 0 spiro atoms. The lowest BCUT2D eigenvalue weighted by molar-refractivity contribution is 0.661. The Hall–Kier alpha value is -6.30. The van der Waals surface area contributed by atoms with Crippen molar-refractivity contribution in [3.8, 4) is 32.7 Å². The second kappa shape index (κ2) is 10.6. The number of hydrogen-bond donors (Lipinski definition) is 1. The largest absolute Gasteiger partial charge is 0.330 e. The number of nitrogens with zero attached hydrogens (tertiary/aromatic N) is 3. The summed E-state index contributed by atoms with van der Waals surface area (Å²) in [5.41, 5.74) is 10.8. The third kappa shape index (κ3) is 4.04. The van der Waals surface area contributed by atoms with Gasteiger partial charge in [-0.25, -0.2) is 4.99 Å². The maximum absolute atomic E-state index is 5.17. The van der Waals surface area contributed by atoms with Gasteiger partial charge in [0.15, 0.2) is 5.84 Å². The van der Waals surface area contributed by atoms with Crippen molar-refractivity contribution < 1.29 is 0 Å². The molecule has 1 aliphatic carbocycles. The molecule has 1 aliphatic heterocycles. The summed E-state index contributed by atoms with van der Waals surface area (Å²) >= 11 is 1.91. The highest BCUT2D eigenvalue weighted by Crippen LogP contribution is 2.54. The van der Waals surface area contributed by atoms with E-state index in [0.717, 1.165) is 28.1 Å². The minimum atomic E-state index is -0.273. The molecule has 0 saturated heterocycles. The van der Waals surface area contributed by atoms with Crippen LogP contribution in [0.3, 0.4) is 0 Å². The smallest absolute Gasteiger partial charge is 0.211 e. The van der Waals surface area contributed by atoms with Crippen molar-refractivity contribution in [3.63, 3.8) is 0 Å². The molecule has 1 N–H and O–H groups in total. The first-order valence-electron chi connectivity index (χ1n) is 16.9. The molecule has 0 amide bonds. The number of fused-ring (bicyclic) bond motifs is 8. The monoisotopic (exact) mass is 656 g/mol. The Labute approximate surface area is 292 Å². The van der Waals surface area contributed by atoms with Gasteiger partial charge in [0.1, 0.15) is 6.17 Å². The van der Waals surface area contributed by atoms with Crippen molar-refractivity contribution >= 4 is 65.8 Å². The molecule has 7 aromatic carbocycles. The molecule has 5 heteroatoms. The van der Waals surface area contributed by atoms with E-state index >= 15 is 0 Å². The Morgan fingerprint density at radius 2 is 1.26 bits per heavy atom. The first-order chi connectivity index (χ1) is 24.8. The molecule has 3 heterocycles. The molecule has 0 bridgehead atoms. The minimum Gasteiger partial charge on any atom is -0.330 e. The van der Waals surface area contributed by atoms with E-state index in [1.807, 2.05) is 35.6 Å². The molecule has 1 unspecified atom stereocenters. The van der Waals surface area contributed by atoms with Crippen molar-refractivity contribution in [1.82, 2.24) is 9.88 Å². The molecule has 0 saturated carbocycles. The summed E-state index contributed by atoms with van der Waals surface area (Å²) in [6.45, 7) is 0. The Kier molecular flexibility index (Phi) is 5.86. The SMILES string of the molecule is c1ccc(C2=NC(c3ccccc3)NC(n3c4ccccc4c4cc(-c5ccc6sc7c(c6c5)-c5cccc6cccc-7c56)ccc43)=N2)cc1. The lowest BCUT2D eigenvalue weighted by Crippen LogP contribution is -2.37. The molecular formula is C45H28N4S. The summed E-state index contributed by atoms with van der Waals surface area (Å²) in [4.78, 5) is 11.6. The number of aromatic nitrogens is 1. The van der Waals surface area contributed by atoms with Crippen LogP contribution in [0.4, 0.5) is 0 Å². The van der Waals surface area contributed by atoms with Crippen molar-refractivity contribution in [2.45, 2.75) is 6.17 Å². The van der Waals surface area contributed by atoms with Crippen LogP contribution in [0.5, 0.6) is 0 Å². The van der Waals surface area contributed by atoms with Crippen molar-refractivity contribution in [3.05, 3.63) is 169 Å². The molecule has 50 heavy (non-hydrogen) atoms. The molecule has 2 aromatic heterocycles. The summed E-state index contributed by atoms with van der Waals surface area (Å²) in [5.74, 6) is 1.47. The summed E-state index contributed by atoms with van der Waals surface area (Å²) in [5, 5.41) is 10.1. The van der Waals surface area contributed by atoms with Gasteiger partial charge < -0.3 is 5.32 Å². The molecule has 0 radical (unpaired) electrons. The van der Waals surface area contributed by atoms with Crippen molar-refractivity contribution in [1.29, 1.82) is 0 Å². The van der Waals surface area contributed by atoms with Crippen molar-refractivity contribution in [2.75, 3.05) is 0 Å². The summed E-state index contributed by atoms with van der Waals surface area (Å²) < 4.78 is 3.59. The number of benzene rings is 7. The van der Waals surface area contributed by atoms with E-state index in [-0.39, 0.29) is 6.17 Å². The predicted molar refractivity (Wildman–Crippen MR) is 210 cm³/mol. The third-order valence-electron chi connectivity index (χ3n) is 10.2. The zero-order valence-electron chi connectivity index (χ0n) is 26.8. The third-order valence-corrected chi connectivity index (χ3v) is 11.4. The molecular weight excluding hydrogens is 629 g/mol. The molecule has 9 aromatic rings. The highest BCUT2D eigenvalue weighted by molar-refractivity contribution is 7.23. The van der Waals surface area contributed by atoms with Gasteiger partial charge in [0.2, 0.25) is 5.96 Å². The number of nitrogens with one attached hydrogen (secondary N) is 1. The lowest BCUT2D eigenvalue weighted by Gasteiger charge is -2.24. The van der Waals surface area contributed by atoms with Gasteiger partial charge in [-0.05, 0) is 63.4 Å². The molecule has 4 nitrogen and oxygen atoms in total. The van der Waals surface area contributed by atoms with Crippen LogP contribution >= 0.6 is 11.3 Å². The second-order valence-electron chi connectivity index (χ2n) is 13.0. The van der Waals surface area contributed by atoms with Gasteiger partial charge in [0, 0.05) is 42.4 Å². The molecule has 11 rings (SSSR count). The number of thiophene rings is 1. The quantitative estimate of drug-likeness (QED) is 0.202. The van der Waals surface area contributed by atoms with E-state index in [4.69, 9.17) is 9.98 Å². The maximum atomic E-state index is 5.17. The Morgan fingerprint density at radius 3 is 2.10 bits per heavy atom. The standard InChI is InChI=1S/C45H28N4S/c1-3-11-28(12-4-1)43-46-44(29-13-5-2-6-14-29)48-45(47-43)49-37-20-8-7-17-32(37)35-25-30(21-23-38(35)49)31-22-24-39-36(26-31)41-33-18-9-15-27-16-10-19-34(40(27)33)42(41)50-39/h1-26,43H,(H,46,47,48). The van der Waals surface area contributed by atoms with Crippen molar-refractivity contribution in [2.24, 2.45) is 9.98 Å². The molecule has 2 aliphatic rings.